The number of nitrogens with one attached hydrogen (secondary N) is 1. The number of pyridine rings is 1. The van der Waals surface area contributed by atoms with Gasteiger partial charge in [0.2, 0.25) is 0 Å². The van der Waals surface area contributed by atoms with Crippen molar-refractivity contribution in [3.8, 4) is 0 Å². The number of hydrogen-bond donors (Lipinski definition) is 1. The Labute approximate surface area is 156 Å². The van der Waals surface area contributed by atoms with Gasteiger partial charge in [0.05, 0.1) is 17.1 Å². The van der Waals surface area contributed by atoms with E-state index in [4.69, 9.17) is 4.74 Å². The highest BCUT2D eigenvalue weighted by atomic mass is 19.1. The highest BCUT2D eigenvalue weighted by Gasteiger charge is 2.16. The summed E-state index contributed by atoms with van der Waals surface area (Å²) in [7, 11) is 0. The first-order valence-corrected chi connectivity index (χ1v) is 8.52. The fraction of sp³-hybridized carbons (Fsp3) is 0.190. The molecule has 0 aliphatic rings. The lowest BCUT2D eigenvalue weighted by molar-refractivity contribution is -0.124. The second-order valence-corrected chi connectivity index (χ2v) is 6.25. The van der Waals surface area contributed by atoms with Gasteiger partial charge < -0.3 is 10.1 Å². The van der Waals surface area contributed by atoms with Crippen molar-refractivity contribution in [1.82, 2.24) is 10.3 Å². The van der Waals surface area contributed by atoms with Gasteiger partial charge in [-0.25, -0.2) is 9.18 Å². The molecule has 0 saturated carbocycles. The normalized spacial score (nSPS) is 11.8. The Hall–Kier alpha value is -3.28. The van der Waals surface area contributed by atoms with Crippen LogP contribution in [0.4, 0.5) is 4.39 Å². The Morgan fingerprint density at radius 1 is 1.15 bits per heavy atom. The van der Waals surface area contributed by atoms with Crippen LogP contribution in [0.5, 0.6) is 0 Å². The number of aromatic nitrogens is 1. The van der Waals surface area contributed by atoms with Gasteiger partial charge in [-0.2, -0.15) is 0 Å². The Kier molecular flexibility index (Phi) is 5.45. The van der Waals surface area contributed by atoms with E-state index in [1.165, 1.54) is 12.1 Å². The van der Waals surface area contributed by atoms with E-state index >= 15 is 0 Å². The Bertz CT molecular complexity index is 986. The van der Waals surface area contributed by atoms with Gasteiger partial charge in [0.1, 0.15) is 5.82 Å². The molecule has 0 unspecified atom stereocenters. The molecule has 0 saturated heterocycles. The van der Waals surface area contributed by atoms with Gasteiger partial charge in [0, 0.05) is 11.1 Å². The summed E-state index contributed by atoms with van der Waals surface area (Å²) in [6.45, 7) is 3.16. The molecule has 0 spiro atoms. The number of ether oxygens (including phenoxy) is 1. The zero-order valence-corrected chi connectivity index (χ0v) is 15.0. The summed E-state index contributed by atoms with van der Waals surface area (Å²) in [4.78, 5) is 28.9. The maximum atomic E-state index is 13.0. The lowest BCUT2D eigenvalue weighted by Crippen LogP contribution is -2.31. The fourth-order valence-electron chi connectivity index (χ4n) is 2.80. The van der Waals surface area contributed by atoms with Gasteiger partial charge >= 0.3 is 5.97 Å². The molecule has 27 heavy (non-hydrogen) atoms. The van der Waals surface area contributed by atoms with Crippen LogP contribution in [-0.4, -0.2) is 23.5 Å². The van der Waals surface area contributed by atoms with Crippen molar-refractivity contribution >= 4 is 22.8 Å². The molecule has 138 valence electrons. The van der Waals surface area contributed by atoms with Gasteiger partial charge in [-0.1, -0.05) is 30.3 Å². The van der Waals surface area contributed by atoms with Gasteiger partial charge in [0.25, 0.3) is 5.91 Å². The maximum absolute atomic E-state index is 13.0. The molecule has 0 radical (unpaired) electrons. The van der Waals surface area contributed by atoms with Crippen molar-refractivity contribution in [2.75, 3.05) is 6.61 Å². The molecule has 1 amide bonds. The van der Waals surface area contributed by atoms with E-state index in [1.807, 2.05) is 18.2 Å². The molecule has 2 aromatic carbocycles. The number of esters is 1. The second kappa shape index (κ2) is 7.95. The van der Waals surface area contributed by atoms with Crippen LogP contribution >= 0.6 is 0 Å². The molecule has 0 aliphatic heterocycles. The number of para-hydroxylation sites is 1. The van der Waals surface area contributed by atoms with E-state index in [2.05, 4.69) is 10.3 Å². The molecule has 1 heterocycles. The first kappa shape index (κ1) is 18.5. The van der Waals surface area contributed by atoms with E-state index in [-0.39, 0.29) is 11.9 Å². The summed E-state index contributed by atoms with van der Waals surface area (Å²) in [5.74, 6) is -1.36. The van der Waals surface area contributed by atoms with Crippen LogP contribution in [0.3, 0.4) is 0 Å². The minimum absolute atomic E-state index is 0.333. The Morgan fingerprint density at radius 3 is 2.59 bits per heavy atom. The van der Waals surface area contributed by atoms with Gasteiger partial charge in [-0.15, -0.1) is 0 Å². The van der Waals surface area contributed by atoms with E-state index in [0.29, 0.717) is 22.2 Å². The molecule has 6 heteroatoms. The van der Waals surface area contributed by atoms with Crippen LogP contribution < -0.4 is 5.32 Å². The van der Waals surface area contributed by atoms with Gasteiger partial charge in [-0.05, 0) is 43.7 Å². The van der Waals surface area contributed by atoms with Gasteiger partial charge in [0.15, 0.2) is 6.61 Å². The number of halogens is 1. The predicted molar refractivity (Wildman–Crippen MR) is 99.7 cm³/mol. The molecule has 0 fully saturated rings. The predicted octanol–water partition coefficient (Wildman–Crippen LogP) is 3.72. The van der Waals surface area contributed by atoms with Crippen molar-refractivity contribution in [3.63, 3.8) is 0 Å². The Balaban J connectivity index is 1.64. The van der Waals surface area contributed by atoms with Crippen LogP contribution in [0.1, 0.15) is 34.6 Å². The first-order chi connectivity index (χ1) is 12.9. The number of hydrogen-bond acceptors (Lipinski definition) is 4. The van der Waals surface area contributed by atoms with Crippen LogP contribution in [0, 0.1) is 12.7 Å². The zero-order chi connectivity index (χ0) is 19.4. The monoisotopic (exact) mass is 366 g/mol. The number of benzene rings is 2. The lowest BCUT2D eigenvalue weighted by Gasteiger charge is -2.14. The smallest absolute Gasteiger partial charge is 0.339 e. The van der Waals surface area contributed by atoms with E-state index in [0.717, 1.165) is 5.56 Å². The van der Waals surface area contributed by atoms with Crippen molar-refractivity contribution in [3.05, 3.63) is 77.2 Å². The third-order valence-electron chi connectivity index (χ3n) is 4.15. The summed E-state index contributed by atoms with van der Waals surface area (Å²) < 4.78 is 18.1. The molecular weight excluding hydrogens is 347 g/mol. The largest absolute Gasteiger partial charge is 0.452 e. The molecule has 0 aliphatic carbocycles. The zero-order valence-electron chi connectivity index (χ0n) is 15.0. The quantitative estimate of drug-likeness (QED) is 0.699. The van der Waals surface area contributed by atoms with E-state index in [9.17, 15) is 14.0 Å². The third kappa shape index (κ3) is 4.47. The average Bonchev–Trinajstić information content (AvgIpc) is 2.65. The summed E-state index contributed by atoms with van der Waals surface area (Å²) in [5.41, 5.74) is 2.51. The molecule has 5 nitrogen and oxygen atoms in total. The summed E-state index contributed by atoms with van der Waals surface area (Å²) >= 11 is 0. The SMILES string of the molecule is Cc1cc(C(=O)OCC(=O)N[C@@H](C)c2ccc(F)cc2)c2ccccc2n1. The molecule has 3 aromatic rings. The number of carbonyl (C=O) groups is 2. The van der Waals surface area contributed by atoms with Crippen molar-refractivity contribution in [2.45, 2.75) is 19.9 Å². The molecule has 1 atom stereocenters. The highest BCUT2D eigenvalue weighted by Crippen LogP contribution is 2.19. The molecular formula is C21H19FN2O3. The summed E-state index contributed by atoms with van der Waals surface area (Å²) in [6.07, 6.45) is 0. The lowest BCUT2D eigenvalue weighted by atomic mass is 10.1. The average molecular weight is 366 g/mol. The van der Waals surface area contributed by atoms with Crippen LogP contribution in [0.2, 0.25) is 0 Å². The molecule has 3 rings (SSSR count). The number of nitrogens with zero attached hydrogens (tertiary/aromatic N) is 1. The van der Waals surface area contributed by atoms with E-state index < -0.39 is 18.5 Å². The number of fused-ring (bicyclic) bond motifs is 1. The number of amides is 1. The molecule has 1 N–H and O–H groups in total. The number of rotatable bonds is 5. The molecule has 1 aromatic heterocycles. The second-order valence-electron chi connectivity index (χ2n) is 6.25. The van der Waals surface area contributed by atoms with Gasteiger partial charge in [-0.3, -0.25) is 9.78 Å². The van der Waals surface area contributed by atoms with Crippen LogP contribution in [0.25, 0.3) is 10.9 Å². The number of aryl methyl sites for hydroxylation is 1. The third-order valence-corrected chi connectivity index (χ3v) is 4.15. The van der Waals surface area contributed by atoms with E-state index in [1.54, 1.807) is 38.1 Å². The van der Waals surface area contributed by atoms with Crippen molar-refractivity contribution in [2.24, 2.45) is 0 Å². The Morgan fingerprint density at radius 2 is 1.85 bits per heavy atom. The fourth-order valence-corrected chi connectivity index (χ4v) is 2.80. The standard InChI is InChI=1S/C21H19FN2O3/c1-13-11-18(17-5-3-4-6-19(17)23-13)21(26)27-12-20(25)24-14(2)15-7-9-16(22)10-8-15/h3-11,14H,12H2,1-2H3,(H,24,25)/t14-/m0/s1. The molecule has 0 bridgehead atoms. The highest BCUT2D eigenvalue weighted by molar-refractivity contribution is 6.04. The van der Waals surface area contributed by atoms with Crippen molar-refractivity contribution in [1.29, 1.82) is 0 Å². The first-order valence-electron chi connectivity index (χ1n) is 8.52. The maximum Gasteiger partial charge on any atom is 0.339 e. The number of carbonyl (C=O) groups excluding carboxylic acids is 2. The summed E-state index contributed by atoms with van der Waals surface area (Å²) in [6, 6.07) is 14.4. The minimum Gasteiger partial charge on any atom is -0.452 e. The van der Waals surface area contributed by atoms with Crippen LogP contribution in [0.15, 0.2) is 54.6 Å². The van der Waals surface area contributed by atoms with Crippen molar-refractivity contribution < 1.29 is 18.7 Å². The topological polar surface area (TPSA) is 68.3 Å². The minimum atomic E-state index is -0.582. The van der Waals surface area contributed by atoms with Crippen LogP contribution in [-0.2, 0) is 9.53 Å². The summed E-state index contributed by atoms with van der Waals surface area (Å²) in [5, 5.41) is 3.39.